The fourth-order valence-corrected chi connectivity index (χ4v) is 6.65. The van der Waals surface area contributed by atoms with Gasteiger partial charge >= 0.3 is 0 Å². The molecule has 0 bridgehead atoms. The van der Waals surface area contributed by atoms with Crippen molar-refractivity contribution in [3.63, 3.8) is 0 Å². The zero-order chi connectivity index (χ0) is 18.7. The predicted octanol–water partition coefficient (Wildman–Crippen LogP) is 4.26. The van der Waals surface area contributed by atoms with Crippen LogP contribution in [0.5, 0.6) is 0 Å². The van der Waals surface area contributed by atoms with Crippen molar-refractivity contribution in [1.29, 1.82) is 0 Å². The summed E-state index contributed by atoms with van der Waals surface area (Å²) in [5.74, 6) is 0. The van der Waals surface area contributed by atoms with Gasteiger partial charge in [0, 0.05) is 27.0 Å². The lowest BCUT2D eigenvalue weighted by atomic mass is 10.2. The molecule has 0 aliphatic carbocycles. The predicted molar refractivity (Wildman–Crippen MR) is 107 cm³/mol. The first-order chi connectivity index (χ1) is 12.5. The van der Waals surface area contributed by atoms with E-state index < -0.39 is 7.14 Å². The van der Waals surface area contributed by atoms with Crippen LogP contribution in [0.25, 0.3) is 0 Å². The summed E-state index contributed by atoms with van der Waals surface area (Å²) in [6.07, 6.45) is 1.23. The maximum atomic E-state index is 14.4. The van der Waals surface area contributed by atoms with Gasteiger partial charge in [-0.2, -0.15) is 0 Å². The van der Waals surface area contributed by atoms with Gasteiger partial charge in [-0.25, -0.2) is 0 Å². The third kappa shape index (κ3) is 3.03. The zero-order valence-corrected chi connectivity index (χ0v) is 15.8. The molecule has 3 aromatic rings. The monoisotopic (exact) mass is 402 g/mol. The third-order valence-corrected chi connectivity index (χ3v) is 8.30. The van der Waals surface area contributed by atoms with Crippen molar-refractivity contribution in [2.45, 2.75) is 0 Å². The van der Waals surface area contributed by atoms with E-state index in [0.717, 1.165) is 0 Å². The summed E-state index contributed by atoms with van der Waals surface area (Å²) in [7, 11) is -3.51. The summed E-state index contributed by atoms with van der Waals surface area (Å²) in [6.45, 7) is 0. The molecule has 3 nitrogen and oxygen atoms in total. The van der Waals surface area contributed by atoms with Crippen LogP contribution in [0.15, 0.2) is 66.7 Å². The fourth-order valence-electron chi connectivity index (χ4n) is 2.79. The molecule has 3 rings (SSSR count). The Morgan fingerprint density at radius 1 is 0.654 bits per heavy atom. The van der Waals surface area contributed by atoms with E-state index in [1.807, 2.05) is 0 Å². The SMILES string of the molecule is O=Cc1cccc(P(=O)(c2ccccc2)c2cccc(C=O)c2Cl)c1Cl. The molecule has 3 aromatic carbocycles. The molecule has 0 heterocycles. The van der Waals surface area contributed by atoms with E-state index in [9.17, 15) is 14.2 Å². The first-order valence-corrected chi connectivity index (χ1v) is 10.1. The highest BCUT2D eigenvalue weighted by Gasteiger charge is 2.34. The topological polar surface area (TPSA) is 51.2 Å². The van der Waals surface area contributed by atoms with Crippen LogP contribution in [0.2, 0.25) is 10.0 Å². The van der Waals surface area contributed by atoms with Gasteiger partial charge < -0.3 is 4.57 Å². The third-order valence-electron chi connectivity index (χ3n) is 4.07. The van der Waals surface area contributed by atoms with Crippen LogP contribution in [0.4, 0.5) is 0 Å². The summed E-state index contributed by atoms with van der Waals surface area (Å²) < 4.78 is 14.4. The van der Waals surface area contributed by atoms with Gasteiger partial charge in [-0.3, -0.25) is 9.59 Å². The van der Waals surface area contributed by atoms with Crippen molar-refractivity contribution >= 4 is 58.8 Å². The van der Waals surface area contributed by atoms with Crippen molar-refractivity contribution in [3.8, 4) is 0 Å². The van der Waals surface area contributed by atoms with Gasteiger partial charge in [0.2, 0.25) is 0 Å². The van der Waals surface area contributed by atoms with Crippen LogP contribution in [0, 0.1) is 0 Å². The molecule has 0 unspecified atom stereocenters. The summed E-state index contributed by atoms with van der Waals surface area (Å²) in [6, 6.07) is 18.4. The van der Waals surface area contributed by atoms with Crippen molar-refractivity contribution in [1.82, 2.24) is 0 Å². The number of rotatable bonds is 5. The molecule has 0 atom stereocenters. The Morgan fingerprint density at radius 3 is 1.54 bits per heavy atom. The minimum atomic E-state index is -3.51. The smallest absolute Gasteiger partial charge is 0.174 e. The Kier molecular flexibility index (Phi) is 5.43. The lowest BCUT2D eigenvalue weighted by molar-refractivity contribution is 0.111. The molecule has 0 N–H and O–H groups in total. The van der Waals surface area contributed by atoms with Crippen LogP contribution in [0.3, 0.4) is 0 Å². The molecule has 0 saturated carbocycles. The van der Waals surface area contributed by atoms with Gasteiger partial charge in [0.05, 0.1) is 10.0 Å². The Hall–Kier alpha value is -2.19. The van der Waals surface area contributed by atoms with Gasteiger partial charge in [0.1, 0.15) is 0 Å². The highest BCUT2D eigenvalue weighted by molar-refractivity contribution is 7.85. The van der Waals surface area contributed by atoms with Crippen LogP contribution < -0.4 is 15.9 Å². The summed E-state index contributed by atoms with van der Waals surface area (Å²) >= 11 is 12.8. The fraction of sp³-hybridized carbons (Fsp3) is 0. The van der Waals surface area contributed by atoms with E-state index in [1.165, 1.54) is 0 Å². The Bertz CT molecular complexity index is 971. The standard InChI is InChI=1S/C20H13Cl2O3P/c21-19-14(12-23)6-4-10-17(19)26(25,16-8-2-1-3-9-16)18-11-5-7-15(13-24)20(18)22/h1-13H. The van der Waals surface area contributed by atoms with Gasteiger partial charge in [0.15, 0.2) is 19.7 Å². The van der Waals surface area contributed by atoms with Crippen molar-refractivity contribution < 1.29 is 14.2 Å². The van der Waals surface area contributed by atoms with Crippen LogP contribution >= 0.6 is 30.3 Å². The number of aldehydes is 2. The van der Waals surface area contributed by atoms with E-state index in [4.69, 9.17) is 23.2 Å². The van der Waals surface area contributed by atoms with Gasteiger partial charge in [-0.15, -0.1) is 0 Å². The Labute approximate surface area is 160 Å². The number of halogens is 2. The molecule has 0 aliphatic rings. The van der Waals surface area contributed by atoms with E-state index in [-0.39, 0.29) is 21.2 Å². The molecule has 26 heavy (non-hydrogen) atoms. The highest BCUT2D eigenvalue weighted by Crippen LogP contribution is 2.46. The van der Waals surface area contributed by atoms with E-state index >= 15 is 0 Å². The van der Waals surface area contributed by atoms with Crippen LogP contribution in [-0.4, -0.2) is 12.6 Å². The second-order valence-corrected chi connectivity index (χ2v) is 9.00. The van der Waals surface area contributed by atoms with Crippen molar-refractivity contribution in [2.24, 2.45) is 0 Å². The average Bonchev–Trinajstić information content (AvgIpc) is 2.68. The quantitative estimate of drug-likeness (QED) is 0.473. The Morgan fingerprint density at radius 2 is 1.12 bits per heavy atom. The Balaban J connectivity index is 2.43. The molecule has 0 aliphatic heterocycles. The lowest BCUT2D eigenvalue weighted by Crippen LogP contribution is -2.27. The van der Waals surface area contributed by atoms with Gasteiger partial charge in [-0.1, -0.05) is 77.8 Å². The average molecular weight is 403 g/mol. The lowest BCUT2D eigenvalue weighted by Gasteiger charge is -2.23. The van der Waals surface area contributed by atoms with E-state index in [2.05, 4.69) is 0 Å². The van der Waals surface area contributed by atoms with E-state index in [0.29, 0.717) is 28.5 Å². The minimum Gasteiger partial charge on any atom is -0.309 e. The molecule has 6 heteroatoms. The minimum absolute atomic E-state index is 0.113. The summed E-state index contributed by atoms with van der Waals surface area (Å²) in [5, 5.41) is 1.35. The molecule has 130 valence electrons. The molecular formula is C20H13Cl2O3P. The van der Waals surface area contributed by atoms with E-state index in [1.54, 1.807) is 66.7 Å². The van der Waals surface area contributed by atoms with Crippen molar-refractivity contribution in [3.05, 3.63) is 87.9 Å². The molecule has 0 saturated heterocycles. The zero-order valence-electron chi connectivity index (χ0n) is 13.4. The summed E-state index contributed by atoms with van der Waals surface area (Å²) in [4.78, 5) is 22.6. The molecule has 0 radical (unpaired) electrons. The summed E-state index contributed by atoms with van der Waals surface area (Å²) in [5.41, 5.74) is 0.478. The first-order valence-electron chi connectivity index (χ1n) is 7.68. The normalized spacial score (nSPS) is 11.2. The molecular weight excluding hydrogens is 390 g/mol. The molecule has 0 aromatic heterocycles. The molecule has 0 amide bonds. The van der Waals surface area contributed by atoms with Crippen molar-refractivity contribution in [2.75, 3.05) is 0 Å². The highest BCUT2D eigenvalue weighted by atomic mass is 35.5. The molecule has 0 spiro atoms. The number of carbonyl (C=O) groups excluding carboxylic acids is 2. The number of hydrogen-bond donors (Lipinski definition) is 0. The number of carbonyl (C=O) groups is 2. The van der Waals surface area contributed by atoms with Crippen LogP contribution in [0.1, 0.15) is 20.7 Å². The van der Waals surface area contributed by atoms with Crippen LogP contribution in [-0.2, 0) is 4.57 Å². The number of hydrogen-bond acceptors (Lipinski definition) is 3. The van der Waals surface area contributed by atoms with Gasteiger partial charge in [0.25, 0.3) is 0 Å². The van der Waals surface area contributed by atoms with Gasteiger partial charge in [-0.05, 0) is 12.1 Å². The maximum Gasteiger partial charge on any atom is 0.174 e. The first kappa shape index (κ1) is 18.6. The maximum absolute atomic E-state index is 14.4. The number of benzene rings is 3. The second kappa shape index (κ2) is 7.59. The second-order valence-electron chi connectivity index (χ2n) is 5.54. The largest absolute Gasteiger partial charge is 0.309 e. The molecule has 0 fully saturated rings.